The third-order valence-electron chi connectivity index (χ3n) is 7.50. The Morgan fingerprint density at radius 2 is 1.84 bits per heavy atom. The molecule has 4 bridgehead atoms. The lowest BCUT2D eigenvalue weighted by Crippen LogP contribution is -2.64. The van der Waals surface area contributed by atoms with E-state index in [2.05, 4.69) is 5.32 Å². The zero-order chi connectivity index (χ0) is 18.0. The van der Waals surface area contributed by atoms with E-state index in [0.29, 0.717) is 38.3 Å². The fourth-order valence-corrected chi connectivity index (χ4v) is 6.22. The van der Waals surface area contributed by atoms with E-state index in [0.717, 1.165) is 19.3 Å². The minimum Gasteiger partial charge on any atom is -0.481 e. The predicted molar refractivity (Wildman–Crippen MR) is 90.7 cm³/mol. The topological polar surface area (TPSA) is 69.6 Å². The maximum Gasteiger partial charge on any atom is 0.309 e. The maximum atomic E-state index is 13.6. The fraction of sp³-hybridized carbons (Fsp3) is 0.895. The van der Waals surface area contributed by atoms with Crippen LogP contribution < -0.4 is 5.32 Å². The number of nitrogens with zero attached hydrogens (tertiary/aromatic N) is 1. The Balaban J connectivity index is 1.47. The average Bonchev–Trinajstić information content (AvgIpc) is 2.97. The Morgan fingerprint density at radius 1 is 1.20 bits per heavy atom. The van der Waals surface area contributed by atoms with Gasteiger partial charge in [0.25, 0.3) is 0 Å². The van der Waals surface area contributed by atoms with Gasteiger partial charge >= 0.3 is 5.97 Å². The highest BCUT2D eigenvalue weighted by atomic mass is 19.1. The number of rotatable bonds is 4. The molecule has 0 aromatic rings. The molecule has 140 valence electrons. The van der Waals surface area contributed by atoms with Gasteiger partial charge in [0.2, 0.25) is 5.91 Å². The molecule has 1 aliphatic heterocycles. The van der Waals surface area contributed by atoms with E-state index in [1.165, 1.54) is 0 Å². The van der Waals surface area contributed by atoms with Crippen LogP contribution in [0.3, 0.4) is 0 Å². The number of aliphatic carboxylic acids is 1. The van der Waals surface area contributed by atoms with Crippen LogP contribution in [-0.4, -0.2) is 52.7 Å². The number of carboxylic acids is 1. The Bertz CT molecular complexity index is 577. The van der Waals surface area contributed by atoms with E-state index in [4.69, 9.17) is 0 Å². The first-order chi connectivity index (χ1) is 11.7. The summed E-state index contributed by atoms with van der Waals surface area (Å²) in [6, 6.07) is 0.0829. The van der Waals surface area contributed by atoms with Crippen LogP contribution in [-0.2, 0) is 9.59 Å². The van der Waals surface area contributed by atoms with Gasteiger partial charge in [-0.15, -0.1) is 0 Å². The Morgan fingerprint density at radius 3 is 2.36 bits per heavy atom. The van der Waals surface area contributed by atoms with Crippen molar-refractivity contribution in [3.63, 3.8) is 0 Å². The molecule has 5 aliphatic rings. The van der Waals surface area contributed by atoms with Gasteiger partial charge in [-0.05, 0) is 70.1 Å². The van der Waals surface area contributed by atoms with Crippen LogP contribution >= 0.6 is 0 Å². The Labute approximate surface area is 148 Å². The largest absolute Gasteiger partial charge is 0.481 e. The van der Waals surface area contributed by atoms with Gasteiger partial charge in [-0.1, -0.05) is 0 Å². The SMILES string of the molecule is CC(C)(C(=O)NC1C2CC3CC1CC(C(=O)O)(C3)C2)N1CC[C@@H](F)C1. The summed E-state index contributed by atoms with van der Waals surface area (Å²) in [7, 11) is 0. The molecule has 0 radical (unpaired) electrons. The number of alkyl halides is 1. The summed E-state index contributed by atoms with van der Waals surface area (Å²) < 4.78 is 13.6. The number of hydrogen-bond acceptors (Lipinski definition) is 3. The second-order valence-electron chi connectivity index (χ2n) is 9.45. The first kappa shape index (κ1) is 17.3. The highest BCUT2D eigenvalue weighted by Crippen LogP contribution is 2.60. The lowest BCUT2D eigenvalue weighted by Gasteiger charge is -2.58. The number of nitrogens with one attached hydrogen (secondary N) is 1. The molecule has 25 heavy (non-hydrogen) atoms. The number of amides is 1. The van der Waals surface area contributed by atoms with Gasteiger partial charge in [0.15, 0.2) is 0 Å². The van der Waals surface area contributed by atoms with Crippen molar-refractivity contribution in [3.8, 4) is 0 Å². The summed E-state index contributed by atoms with van der Waals surface area (Å²) in [4.78, 5) is 26.7. The van der Waals surface area contributed by atoms with Crippen molar-refractivity contribution in [2.24, 2.45) is 23.2 Å². The van der Waals surface area contributed by atoms with Crippen molar-refractivity contribution >= 4 is 11.9 Å². The molecule has 5 nitrogen and oxygen atoms in total. The van der Waals surface area contributed by atoms with Crippen LogP contribution in [0.5, 0.6) is 0 Å². The number of carbonyl (C=O) groups is 2. The zero-order valence-corrected chi connectivity index (χ0v) is 15.1. The molecular formula is C19H29FN2O3. The van der Waals surface area contributed by atoms with Crippen LogP contribution in [0.1, 0.15) is 52.4 Å². The van der Waals surface area contributed by atoms with E-state index in [-0.39, 0.29) is 23.8 Å². The smallest absolute Gasteiger partial charge is 0.309 e. The van der Waals surface area contributed by atoms with Gasteiger partial charge in [0.1, 0.15) is 6.17 Å². The van der Waals surface area contributed by atoms with Crippen LogP contribution in [0.4, 0.5) is 4.39 Å². The molecule has 0 aromatic heterocycles. The summed E-state index contributed by atoms with van der Waals surface area (Å²) in [5.74, 6) is 0.358. The maximum absolute atomic E-state index is 13.6. The second kappa shape index (κ2) is 5.66. The minimum absolute atomic E-state index is 0.0385. The van der Waals surface area contributed by atoms with Gasteiger partial charge in [-0.2, -0.15) is 0 Å². The van der Waals surface area contributed by atoms with Gasteiger partial charge in [-0.3, -0.25) is 14.5 Å². The second-order valence-corrected chi connectivity index (χ2v) is 9.45. The molecule has 5 fully saturated rings. The molecule has 1 amide bonds. The van der Waals surface area contributed by atoms with Crippen molar-refractivity contribution in [2.45, 2.75) is 70.1 Å². The monoisotopic (exact) mass is 352 g/mol. The Kier molecular flexibility index (Phi) is 3.91. The molecule has 1 heterocycles. The van der Waals surface area contributed by atoms with E-state index < -0.39 is 23.1 Å². The highest BCUT2D eigenvalue weighted by Gasteiger charge is 2.59. The van der Waals surface area contributed by atoms with Crippen LogP contribution in [0, 0.1) is 23.2 Å². The highest BCUT2D eigenvalue weighted by molar-refractivity contribution is 5.86. The number of hydrogen-bond donors (Lipinski definition) is 2. The quantitative estimate of drug-likeness (QED) is 0.814. The summed E-state index contributed by atoms with van der Waals surface area (Å²) in [6.07, 6.45) is 3.92. The molecule has 0 spiro atoms. The summed E-state index contributed by atoms with van der Waals surface area (Å²) >= 11 is 0. The standard InChI is InChI=1S/C19H29FN2O3/c1-18(2,22-4-3-14(20)10-22)16(23)21-15-12-5-11-6-13(15)9-19(7-11,8-12)17(24)25/h11-15H,3-10H2,1-2H3,(H,21,23)(H,24,25)/t11?,12?,13?,14-,15?,19?/m1/s1. The molecule has 3 atom stereocenters. The van der Waals surface area contributed by atoms with Crippen LogP contribution in [0.15, 0.2) is 0 Å². The molecule has 6 heteroatoms. The number of likely N-dealkylation sites (tertiary alicyclic amines) is 1. The van der Waals surface area contributed by atoms with E-state index in [1.807, 2.05) is 18.7 Å². The van der Waals surface area contributed by atoms with Crippen molar-refractivity contribution in [1.82, 2.24) is 10.2 Å². The van der Waals surface area contributed by atoms with Crippen molar-refractivity contribution in [2.75, 3.05) is 13.1 Å². The molecule has 2 unspecified atom stereocenters. The number of carboxylic acid groups (broad SMARTS) is 1. The summed E-state index contributed by atoms with van der Waals surface area (Å²) in [6.45, 7) is 4.68. The Hall–Kier alpha value is -1.17. The van der Waals surface area contributed by atoms with Gasteiger partial charge in [0, 0.05) is 19.1 Å². The zero-order valence-electron chi connectivity index (χ0n) is 15.1. The normalized spacial score (nSPS) is 43.4. The minimum atomic E-state index is -0.844. The lowest BCUT2D eigenvalue weighted by atomic mass is 9.48. The third-order valence-corrected chi connectivity index (χ3v) is 7.50. The van der Waals surface area contributed by atoms with Crippen molar-refractivity contribution in [1.29, 1.82) is 0 Å². The molecular weight excluding hydrogens is 323 g/mol. The van der Waals surface area contributed by atoms with Crippen LogP contribution in [0.25, 0.3) is 0 Å². The number of carbonyl (C=O) groups excluding carboxylic acids is 1. The molecule has 5 rings (SSSR count). The van der Waals surface area contributed by atoms with Crippen molar-refractivity contribution in [3.05, 3.63) is 0 Å². The van der Waals surface area contributed by atoms with E-state index >= 15 is 0 Å². The summed E-state index contributed by atoms with van der Waals surface area (Å²) in [5, 5.41) is 13.0. The molecule has 4 saturated carbocycles. The predicted octanol–water partition coefficient (Wildman–Crippen LogP) is 2.20. The van der Waals surface area contributed by atoms with Gasteiger partial charge in [-0.25, -0.2) is 4.39 Å². The van der Waals surface area contributed by atoms with Crippen LogP contribution in [0.2, 0.25) is 0 Å². The third kappa shape index (κ3) is 2.68. The van der Waals surface area contributed by atoms with E-state index in [1.54, 1.807) is 0 Å². The molecule has 1 saturated heterocycles. The molecule has 0 aromatic carbocycles. The van der Waals surface area contributed by atoms with Gasteiger partial charge in [0.05, 0.1) is 11.0 Å². The molecule has 4 aliphatic carbocycles. The van der Waals surface area contributed by atoms with E-state index in [9.17, 15) is 19.1 Å². The van der Waals surface area contributed by atoms with Gasteiger partial charge < -0.3 is 10.4 Å². The summed E-state index contributed by atoms with van der Waals surface area (Å²) in [5.41, 5.74) is -1.27. The lowest BCUT2D eigenvalue weighted by molar-refractivity contribution is -0.168. The average molecular weight is 352 g/mol. The first-order valence-corrected chi connectivity index (χ1v) is 9.65. The van der Waals surface area contributed by atoms with Crippen molar-refractivity contribution < 1.29 is 19.1 Å². The number of halogens is 1. The molecule has 2 N–H and O–H groups in total. The fourth-order valence-electron chi connectivity index (χ4n) is 6.22. The first-order valence-electron chi connectivity index (χ1n) is 9.65.